The summed E-state index contributed by atoms with van der Waals surface area (Å²) >= 11 is 0. The molecule has 1 amide bonds. The van der Waals surface area contributed by atoms with Crippen LogP contribution in [-0.4, -0.2) is 23.3 Å². The lowest BCUT2D eigenvalue weighted by molar-refractivity contribution is -0.134. The number of ether oxygens (including phenoxy) is 2. The van der Waals surface area contributed by atoms with Gasteiger partial charge in [0.05, 0.1) is 6.21 Å². The fraction of sp³-hybridized carbons (Fsp3) is 0.0909. The zero-order valence-corrected chi connectivity index (χ0v) is 14.9. The number of rotatable bonds is 4. The van der Waals surface area contributed by atoms with Crippen LogP contribution in [0.25, 0.3) is 0 Å². The van der Waals surface area contributed by atoms with Gasteiger partial charge in [-0.3, -0.25) is 4.79 Å². The van der Waals surface area contributed by atoms with Crippen LogP contribution in [0, 0.1) is 0 Å². The molecule has 0 bridgehead atoms. The molecule has 28 heavy (non-hydrogen) atoms. The second kappa shape index (κ2) is 7.84. The zero-order chi connectivity index (χ0) is 19.3. The standard InChI is InChI=1S/C22H18N2O4/c25-17-12-10-15(11-13-17)14-23-24-22(26)21-20(16-6-2-1-3-7-16)27-18-8-4-5-9-19(18)28-21/h1-14,20-21,25H,(H,24,26). The lowest BCUT2D eigenvalue weighted by Crippen LogP contribution is -2.44. The molecule has 0 aromatic heterocycles. The van der Waals surface area contributed by atoms with Gasteiger partial charge in [0.2, 0.25) is 6.10 Å². The number of para-hydroxylation sites is 2. The number of nitrogens with one attached hydrogen (secondary N) is 1. The maximum Gasteiger partial charge on any atom is 0.285 e. The van der Waals surface area contributed by atoms with E-state index >= 15 is 0 Å². The number of hydrogen-bond acceptors (Lipinski definition) is 5. The van der Waals surface area contributed by atoms with E-state index < -0.39 is 18.1 Å². The topological polar surface area (TPSA) is 80.2 Å². The van der Waals surface area contributed by atoms with Crippen molar-refractivity contribution in [2.45, 2.75) is 12.2 Å². The highest BCUT2D eigenvalue weighted by molar-refractivity contribution is 5.85. The minimum Gasteiger partial charge on any atom is -0.508 e. The average Bonchev–Trinajstić information content (AvgIpc) is 2.75. The molecule has 3 aromatic rings. The first kappa shape index (κ1) is 17.6. The van der Waals surface area contributed by atoms with Crippen molar-refractivity contribution in [1.82, 2.24) is 5.43 Å². The summed E-state index contributed by atoms with van der Waals surface area (Å²) in [6.45, 7) is 0. The Labute approximate surface area is 162 Å². The molecule has 6 heteroatoms. The third-order valence-electron chi connectivity index (χ3n) is 4.30. The quantitative estimate of drug-likeness (QED) is 0.542. The fourth-order valence-electron chi connectivity index (χ4n) is 2.91. The van der Waals surface area contributed by atoms with Crippen molar-refractivity contribution in [2.75, 3.05) is 0 Å². The number of phenolic OH excluding ortho intramolecular Hbond substituents is 1. The van der Waals surface area contributed by atoms with E-state index in [1.165, 1.54) is 6.21 Å². The molecule has 1 aliphatic rings. The largest absolute Gasteiger partial charge is 0.508 e. The minimum atomic E-state index is -0.894. The monoisotopic (exact) mass is 374 g/mol. The molecule has 0 saturated carbocycles. The fourth-order valence-corrected chi connectivity index (χ4v) is 2.91. The van der Waals surface area contributed by atoms with Crippen molar-refractivity contribution in [3.63, 3.8) is 0 Å². The smallest absolute Gasteiger partial charge is 0.285 e. The van der Waals surface area contributed by atoms with Gasteiger partial charge in [0.1, 0.15) is 5.75 Å². The van der Waals surface area contributed by atoms with Gasteiger partial charge in [-0.25, -0.2) is 5.43 Å². The first-order valence-corrected chi connectivity index (χ1v) is 8.80. The van der Waals surface area contributed by atoms with Crippen LogP contribution in [0.15, 0.2) is 84.0 Å². The molecule has 2 N–H and O–H groups in total. The van der Waals surface area contributed by atoms with Crippen molar-refractivity contribution in [2.24, 2.45) is 5.10 Å². The van der Waals surface area contributed by atoms with Crippen LogP contribution < -0.4 is 14.9 Å². The van der Waals surface area contributed by atoms with E-state index in [1.807, 2.05) is 48.5 Å². The Balaban J connectivity index is 1.54. The van der Waals surface area contributed by atoms with Crippen LogP contribution in [0.4, 0.5) is 0 Å². The third-order valence-corrected chi connectivity index (χ3v) is 4.30. The summed E-state index contributed by atoms with van der Waals surface area (Å²) in [4.78, 5) is 12.8. The van der Waals surface area contributed by atoms with Gasteiger partial charge in [-0.15, -0.1) is 0 Å². The Hall–Kier alpha value is -3.80. The number of carbonyl (C=O) groups is 1. The first-order chi connectivity index (χ1) is 13.7. The van der Waals surface area contributed by atoms with Crippen molar-refractivity contribution < 1.29 is 19.4 Å². The van der Waals surface area contributed by atoms with Crippen LogP contribution in [-0.2, 0) is 4.79 Å². The van der Waals surface area contributed by atoms with E-state index in [9.17, 15) is 9.90 Å². The number of amides is 1. The van der Waals surface area contributed by atoms with E-state index in [1.54, 1.807) is 30.3 Å². The molecule has 140 valence electrons. The average molecular weight is 374 g/mol. The zero-order valence-electron chi connectivity index (χ0n) is 14.9. The Morgan fingerprint density at radius 2 is 1.54 bits per heavy atom. The molecular formula is C22H18N2O4. The number of phenols is 1. The summed E-state index contributed by atoms with van der Waals surface area (Å²) in [7, 11) is 0. The summed E-state index contributed by atoms with van der Waals surface area (Å²) in [5, 5.41) is 13.3. The number of aromatic hydroxyl groups is 1. The Morgan fingerprint density at radius 3 is 2.25 bits per heavy atom. The van der Waals surface area contributed by atoms with Crippen LogP contribution >= 0.6 is 0 Å². The lowest BCUT2D eigenvalue weighted by atomic mass is 10.0. The summed E-state index contributed by atoms with van der Waals surface area (Å²) in [5.41, 5.74) is 4.08. The summed E-state index contributed by atoms with van der Waals surface area (Å²) in [6.07, 6.45) is 0.00111. The molecule has 3 aromatic carbocycles. The van der Waals surface area contributed by atoms with E-state index in [0.717, 1.165) is 11.1 Å². The van der Waals surface area contributed by atoms with Gasteiger partial charge in [0.25, 0.3) is 5.91 Å². The molecule has 1 aliphatic heterocycles. The first-order valence-electron chi connectivity index (χ1n) is 8.80. The molecule has 2 unspecified atom stereocenters. The maximum absolute atomic E-state index is 12.8. The summed E-state index contributed by atoms with van der Waals surface area (Å²) in [6, 6.07) is 23.2. The molecule has 6 nitrogen and oxygen atoms in total. The summed E-state index contributed by atoms with van der Waals surface area (Å²) in [5.74, 6) is 0.849. The second-order valence-corrected chi connectivity index (χ2v) is 6.26. The van der Waals surface area contributed by atoms with Crippen LogP contribution in [0.5, 0.6) is 17.2 Å². The van der Waals surface area contributed by atoms with Gasteiger partial charge >= 0.3 is 0 Å². The molecular weight excluding hydrogens is 356 g/mol. The second-order valence-electron chi connectivity index (χ2n) is 6.26. The van der Waals surface area contributed by atoms with Crippen LogP contribution in [0.1, 0.15) is 17.2 Å². The Morgan fingerprint density at radius 1 is 0.893 bits per heavy atom. The minimum absolute atomic E-state index is 0.165. The van der Waals surface area contributed by atoms with Crippen molar-refractivity contribution in [3.8, 4) is 17.2 Å². The van der Waals surface area contributed by atoms with E-state index in [2.05, 4.69) is 10.5 Å². The molecule has 0 radical (unpaired) electrons. The van der Waals surface area contributed by atoms with E-state index in [-0.39, 0.29) is 5.75 Å². The number of carbonyl (C=O) groups excluding carboxylic acids is 1. The number of hydrogen-bond donors (Lipinski definition) is 2. The summed E-state index contributed by atoms with van der Waals surface area (Å²) < 4.78 is 12.0. The predicted octanol–water partition coefficient (Wildman–Crippen LogP) is 3.42. The van der Waals surface area contributed by atoms with Gasteiger partial charge in [-0.2, -0.15) is 5.10 Å². The molecule has 0 saturated heterocycles. The number of benzene rings is 3. The molecule has 0 spiro atoms. The van der Waals surface area contributed by atoms with Crippen molar-refractivity contribution in [1.29, 1.82) is 0 Å². The molecule has 4 rings (SSSR count). The highest BCUT2D eigenvalue weighted by atomic mass is 16.6. The van der Waals surface area contributed by atoms with Crippen molar-refractivity contribution >= 4 is 12.1 Å². The van der Waals surface area contributed by atoms with Crippen molar-refractivity contribution in [3.05, 3.63) is 90.0 Å². The number of nitrogens with zero attached hydrogens (tertiary/aromatic N) is 1. The number of hydrazone groups is 1. The Kier molecular flexibility index (Phi) is 4.93. The van der Waals surface area contributed by atoms with Gasteiger partial charge < -0.3 is 14.6 Å². The highest BCUT2D eigenvalue weighted by Crippen LogP contribution is 2.39. The van der Waals surface area contributed by atoms with E-state index in [0.29, 0.717) is 11.5 Å². The third kappa shape index (κ3) is 3.81. The molecule has 0 aliphatic carbocycles. The van der Waals surface area contributed by atoms with Gasteiger partial charge in [0.15, 0.2) is 17.6 Å². The highest BCUT2D eigenvalue weighted by Gasteiger charge is 2.38. The molecule has 0 fully saturated rings. The predicted molar refractivity (Wildman–Crippen MR) is 105 cm³/mol. The Bertz CT molecular complexity index is 987. The van der Waals surface area contributed by atoms with Gasteiger partial charge in [0, 0.05) is 0 Å². The SMILES string of the molecule is O=C(NN=Cc1ccc(O)cc1)C1Oc2ccccc2OC1c1ccccc1. The van der Waals surface area contributed by atoms with Gasteiger partial charge in [-0.1, -0.05) is 42.5 Å². The lowest BCUT2D eigenvalue weighted by Gasteiger charge is -2.32. The van der Waals surface area contributed by atoms with Gasteiger partial charge in [-0.05, 0) is 47.5 Å². The molecule has 2 atom stereocenters. The normalized spacial score (nSPS) is 18.0. The number of fused-ring (bicyclic) bond motifs is 1. The van der Waals surface area contributed by atoms with Crippen LogP contribution in [0.3, 0.4) is 0 Å². The molecule has 1 heterocycles. The maximum atomic E-state index is 12.8. The van der Waals surface area contributed by atoms with Crippen LogP contribution in [0.2, 0.25) is 0 Å². The van der Waals surface area contributed by atoms with E-state index in [4.69, 9.17) is 9.47 Å².